The molecular weight excluding hydrogens is 412 g/mol. The minimum Gasteiger partial charge on any atom is -0.326 e. The zero-order chi connectivity index (χ0) is 22.1. The average Bonchev–Trinajstić information content (AvgIpc) is 3.06. The van der Waals surface area contributed by atoms with Crippen molar-refractivity contribution in [3.63, 3.8) is 0 Å². The van der Waals surface area contributed by atoms with Gasteiger partial charge in [-0.1, -0.05) is 0 Å². The molecule has 0 saturated carbocycles. The van der Waals surface area contributed by atoms with Crippen LogP contribution >= 0.6 is 11.8 Å². The maximum atomic E-state index is 12.6. The molecular formula is C22H22N6O2S. The first-order valence-electron chi connectivity index (χ1n) is 9.76. The molecule has 158 valence electrons. The van der Waals surface area contributed by atoms with Gasteiger partial charge in [0, 0.05) is 45.0 Å². The van der Waals surface area contributed by atoms with Crippen molar-refractivity contribution >= 4 is 29.0 Å². The number of benzene rings is 1. The number of carbonyl (C=O) groups excluding carboxylic acids is 1. The van der Waals surface area contributed by atoms with Crippen LogP contribution < -0.4 is 10.9 Å². The van der Waals surface area contributed by atoms with Crippen LogP contribution in [0.4, 0.5) is 5.69 Å². The Morgan fingerprint density at radius 1 is 1.03 bits per heavy atom. The maximum Gasteiger partial charge on any atom is 0.266 e. The van der Waals surface area contributed by atoms with Gasteiger partial charge in [-0.3, -0.25) is 14.7 Å². The van der Waals surface area contributed by atoms with Crippen molar-refractivity contribution in [2.24, 2.45) is 0 Å². The number of hydrogen-bond acceptors (Lipinski definition) is 6. The fraction of sp³-hybridized carbons (Fsp3) is 0.227. The number of nitrogens with zero attached hydrogens (tertiary/aromatic N) is 4. The van der Waals surface area contributed by atoms with Crippen molar-refractivity contribution in [1.82, 2.24) is 24.6 Å². The van der Waals surface area contributed by atoms with Gasteiger partial charge in [-0.05, 0) is 69.8 Å². The van der Waals surface area contributed by atoms with E-state index in [4.69, 9.17) is 0 Å². The van der Waals surface area contributed by atoms with E-state index < -0.39 is 0 Å². The van der Waals surface area contributed by atoms with E-state index in [9.17, 15) is 9.59 Å². The number of aromatic nitrogens is 5. The summed E-state index contributed by atoms with van der Waals surface area (Å²) in [6, 6.07) is 10.9. The van der Waals surface area contributed by atoms with Crippen molar-refractivity contribution < 1.29 is 4.79 Å². The van der Waals surface area contributed by atoms with Crippen LogP contribution in [0, 0.1) is 27.7 Å². The summed E-state index contributed by atoms with van der Waals surface area (Å²) < 4.78 is 1.61. The number of nitrogens with one attached hydrogen (secondary N) is 2. The smallest absolute Gasteiger partial charge is 0.266 e. The number of aromatic amines is 1. The highest BCUT2D eigenvalue weighted by Gasteiger charge is 2.14. The molecule has 0 atom stereocenters. The molecule has 8 nitrogen and oxygen atoms in total. The molecule has 1 aromatic carbocycles. The molecule has 31 heavy (non-hydrogen) atoms. The Hall–Kier alpha value is -3.46. The quantitative estimate of drug-likeness (QED) is 0.467. The molecule has 3 heterocycles. The van der Waals surface area contributed by atoms with Crippen LogP contribution in [-0.4, -0.2) is 30.5 Å². The van der Waals surface area contributed by atoms with Crippen molar-refractivity contribution in [3.05, 3.63) is 75.1 Å². The molecule has 0 aliphatic carbocycles. The summed E-state index contributed by atoms with van der Waals surface area (Å²) in [5.41, 5.74) is 5.20. The predicted octanol–water partition coefficient (Wildman–Crippen LogP) is 3.38. The lowest BCUT2D eigenvalue weighted by Crippen LogP contribution is -2.17. The van der Waals surface area contributed by atoms with Crippen LogP contribution in [0.5, 0.6) is 0 Å². The Balaban J connectivity index is 1.45. The van der Waals surface area contributed by atoms with Gasteiger partial charge < -0.3 is 5.32 Å². The van der Waals surface area contributed by atoms with Crippen LogP contribution in [-0.2, 0) is 11.2 Å². The molecule has 0 radical (unpaired) electrons. The first kappa shape index (κ1) is 20.8. The fourth-order valence-electron chi connectivity index (χ4n) is 3.43. The predicted molar refractivity (Wildman–Crippen MR) is 120 cm³/mol. The van der Waals surface area contributed by atoms with E-state index in [2.05, 4.69) is 25.4 Å². The second-order valence-corrected chi connectivity index (χ2v) is 8.40. The van der Waals surface area contributed by atoms with Crippen molar-refractivity contribution in [1.29, 1.82) is 0 Å². The van der Waals surface area contributed by atoms with Crippen molar-refractivity contribution in [3.8, 4) is 0 Å². The highest BCUT2D eigenvalue weighted by Crippen LogP contribution is 2.26. The first-order chi connectivity index (χ1) is 14.8. The van der Waals surface area contributed by atoms with Crippen LogP contribution in [0.25, 0.3) is 5.65 Å². The van der Waals surface area contributed by atoms with Gasteiger partial charge in [-0.15, -0.1) is 0 Å². The van der Waals surface area contributed by atoms with E-state index in [0.29, 0.717) is 16.5 Å². The van der Waals surface area contributed by atoms with E-state index in [0.717, 1.165) is 33.2 Å². The minimum atomic E-state index is -0.221. The molecule has 9 heteroatoms. The van der Waals surface area contributed by atoms with Gasteiger partial charge in [0.05, 0.1) is 6.42 Å². The van der Waals surface area contributed by atoms with E-state index in [-0.39, 0.29) is 17.9 Å². The van der Waals surface area contributed by atoms with Gasteiger partial charge >= 0.3 is 0 Å². The Labute approximate surface area is 183 Å². The molecule has 0 saturated heterocycles. The number of rotatable bonds is 5. The summed E-state index contributed by atoms with van der Waals surface area (Å²) in [4.78, 5) is 38.5. The van der Waals surface area contributed by atoms with Gasteiger partial charge in [0.2, 0.25) is 5.91 Å². The van der Waals surface area contributed by atoms with Gasteiger partial charge in [-0.25, -0.2) is 19.5 Å². The molecule has 0 aliphatic heterocycles. The summed E-state index contributed by atoms with van der Waals surface area (Å²) in [5.74, 6) is -0.153. The molecule has 0 spiro atoms. The largest absolute Gasteiger partial charge is 0.326 e. The Bertz CT molecular complexity index is 1320. The third kappa shape index (κ3) is 4.66. The third-order valence-corrected chi connectivity index (χ3v) is 5.72. The number of hydrogen-bond donors (Lipinski definition) is 2. The normalized spacial score (nSPS) is 11.1. The molecule has 0 fully saturated rings. The Kier molecular flexibility index (Phi) is 5.60. The van der Waals surface area contributed by atoms with Crippen molar-refractivity contribution in [2.75, 3.05) is 5.32 Å². The number of aryl methyl sites for hydroxylation is 4. The Morgan fingerprint density at radius 2 is 1.71 bits per heavy atom. The number of H-pyrrole nitrogens is 1. The molecule has 1 amide bonds. The lowest BCUT2D eigenvalue weighted by Gasteiger charge is -2.12. The summed E-state index contributed by atoms with van der Waals surface area (Å²) in [6.07, 6.45) is 0.160. The van der Waals surface area contributed by atoms with E-state index >= 15 is 0 Å². The van der Waals surface area contributed by atoms with Gasteiger partial charge in [-0.2, -0.15) is 0 Å². The van der Waals surface area contributed by atoms with E-state index in [1.807, 2.05) is 58.0 Å². The van der Waals surface area contributed by atoms with Crippen LogP contribution in [0.1, 0.15) is 28.3 Å². The van der Waals surface area contributed by atoms with Gasteiger partial charge in [0.25, 0.3) is 5.56 Å². The SMILES string of the molecule is Cc1cc(C)nc(Sc2ccc(NC(=O)Cc3c(C)nc4cc(=O)[nH]n4c3C)cc2)n1. The molecule has 0 aliphatic rings. The number of anilines is 1. The molecule has 3 aromatic heterocycles. The molecule has 0 unspecified atom stereocenters. The standard InChI is InChI=1S/C22H22N6O2S/c1-12-9-13(2)24-22(23-12)31-17-7-5-16(6-8-17)26-20(29)10-18-14(3)25-19-11-21(30)27-28(19)15(18)4/h5-9,11H,10H2,1-4H3,(H,26,29)(H,27,30). The topological polar surface area (TPSA) is 105 Å². The number of amides is 1. The molecule has 4 rings (SSSR count). The number of fused-ring (bicyclic) bond motifs is 1. The lowest BCUT2D eigenvalue weighted by molar-refractivity contribution is -0.115. The summed E-state index contributed by atoms with van der Waals surface area (Å²) >= 11 is 1.48. The number of carbonyl (C=O) groups is 1. The highest BCUT2D eigenvalue weighted by atomic mass is 32.2. The second-order valence-electron chi connectivity index (χ2n) is 7.36. The molecule has 2 N–H and O–H groups in total. The fourth-order valence-corrected chi connectivity index (χ4v) is 4.29. The van der Waals surface area contributed by atoms with Gasteiger partial charge in [0.1, 0.15) is 0 Å². The lowest BCUT2D eigenvalue weighted by atomic mass is 10.1. The second kappa shape index (κ2) is 8.35. The minimum absolute atomic E-state index is 0.153. The summed E-state index contributed by atoms with van der Waals surface area (Å²) in [5, 5.41) is 6.32. The molecule has 4 aromatic rings. The maximum absolute atomic E-state index is 12.6. The van der Waals surface area contributed by atoms with Crippen LogP contribution in [0.2, 0.25) is 0 Å². The third-order valence-electron chi connectivity index (χ3n) is 4.85. The first-order valence-corrected chi connectivity index (χ1v) is 10.6. The zero-order valence-corrected chi connectivity index (χ0v) is 18.5. The van der Waals surface area contributed by atoms with Crippen molar-refractivity contribution in [2.45, 2.75) is 44.2 Å². The molecule has 0 bridgehead atoms. The summed E-state index contributed by atoms with van der Waals surface area (Å²) in [6.45, 7) is 7.60. The summed E-state index contributed by atoms with van der Waals surface area (Å²) in [7, 11) is 0. The van der Waals surface area contributed by atoms with Gasteiger partial charge in [0.15, 0.2) is 10.8 Å². The Morgan fingerprint density at radius 3 is 2.39 bits per heavy atom. The van der Waals surface area contributed by atoms with E-state index in [1.165, 1.54) is 17.8 Å². The monoisotopic (exact) mass is 434 g/mol. The highest BCUT2D eigenvalue weighted by molar-refractivity contribution is 7.99. The van der Waals surface area contributed by atoms with Crippen LogP contribution in [0.15, 0.2) is 51.2 Å². The van der Waals surface area contributed by atoms with E-state index in [1.54, 1.807) is 4.52 Å². The average molecular weight is 435 g/mol. The van der Waals surface area contributed by atoms with Crippen LogP contribution in [0.3, 0.4) is 0 Å². The zero-order valence-electron chi connectivity index (χ0n) is 17.7.